The Kier molecular flexibility index (Phi) is 11.9. The first-order valence-corrected chi connectivity index (χ1v) is 15.2. The Balaban J connectivity index is 1.73. The number of carbonyl (C=O) groups excluding carboxylic acids is 5. The number of hydrogen-bond donors (Lipinski definition) is 1. The molecule has 0 saturated carbocycles. The molecule has 1 saturated heterocycles. The van der Waals surface area contributed by atoms with E-state index in [2.05, 4.69) is 5.32 Å². The lowest BCUT2D eigenvalue weighted by Crippen LogP contribution is -2.52. The normalized spacial score (nSPS) is 15.9. The second kappa shape index (κ2) is 15.1. The predicted octanol–water partition coefficient (Wildman–Crippen LogP) is 4.76. The summed E-state index contributed by atoms with van der Waals surface area (Å²) in [7, 11) is 0. The van der Waals surface area contributed by atoms with Crippen molar-refractivity contribution in [2.45, 2.75) is 84.3 Å². The first kappa shape index (κ1) is 37.2. The molecule has 256 valence electrons. The largest absolute Gasteiger partial charge is 0.479 e. The van der Waals surface area contributed by atoms with E-state index in [1.165, 1.54) is 4.90 Å². The minimum Gasteiger partial charge on any atom is -0.479 e. The van der Waals surface area contributed by atoms with E-state index < -0.39 is 89.0 Å². The van der Waals surface area contributed by atoms with Gasteiger partial charge in [0.25, 0.3) is 5.91 Å². The van der Waals surface area contributed by atoms with Crippen LogP contribution in [0.15, 0.2) is 30.3 Å². The first-order valence-electron chi connectivity index (χ1n) is 15.2. The van der Waals surface area contributed by atoms with E-state index in [4.69, 9.17) is 9.47 Å². The molecule has 1 heterocycles. The molecule has 0 spiro atoms. The molecule has 9 nitrogen and oxygen atoms in total. The lowest BCUT2D eigenvalue weighted by atomic mass is 9.82. The fourth-order valence-electron chi connectivity index (χ4n) is 5.21. The zero-order valence-electron chi connectivity index (χ0n) is 27.3. The number of nitrogens with one attached hydrogen (secondary N) is 1. The number of rotatable bonds is 11. The standard InChI is InChI=1S/C34H40F4N2O7/c1-33(2,3)21-12-8-7-10-19(21)14-25(41)32(45)40-13-9-11-20(17-40)31(44)39-24(16-27(43)47-34(4,5)6)26(42)18-46-30-28(37)22(35)15-23(36)29(30)38/h7-8,10,12,15,20,24H,9,11,13-14,16-18H2,1-6H3,(H,39,44)/t20-,24-/m0/s1. The van der Waals surface area contributed by atoms with Crippen LogP contribution in [-0.2, 0) is 40.5 Å². The quantitative estimate of drug-likeness (QED) is 0.159. The fraction of sp³-hybridized carbons (Fsp3) is 0.500. The Morgan fingerprint density at radius 2 is 1.57 bits per heavy atom. The highest BCUT2D eigenvalue weighted by Gasteiger charge is 2.35. The Bertz CT molecular complexity index is 1510. The van der Waals surface area contributed by atoms with Gasteiger partial charge in [-0.3, -0.25) is 24.0 Å². The smallest absolute Gasteiger partial charge is 0.308 e. The third-order valence-electron chi connectivity index (χ3n) is 7.42. The number of esters is 1. The van der Waals surface area contributed by atoms with Gasteiger partial charge in [0, 0.05) is 25.6 Å². The van der Waals surface area contributed by atoms with Crippen LogP contribution < -0.4 is 10.1 Å². The van der Waals surface area contributed by atoms with Crippen molar-refractivity contribution in [3.63, 3.8) is 0 Å². The highest BCUT2D eigenvalue weighted by Crippen LogP contribution is 2.28. The molecule has 1 aliphatic heterocycles. The number of ether oxygens (including phenoxy) is 2. The Morgan fingerprint density at radius 3 is 2.17 bits per heavy atom. The Morgan fingerprint density at radius 1 is 0.957 bits per heavy atom. The molecule has 2 aromatic carbocycles. The number of halogens is 4. The van der Waals surface area contributed by atoms with Crippen molar-refractivity contribution in [3.8, 4) is 5.75 Å². The number of likely N-dealkylation sites (tertiary alicyclic amines) is 1. The van der Waals surface area contributed by atoms with Crippen molar-refractivity contribution in [2.24, 2.45) is 5.92 Å². The van der Waals surface area contributed by atoms with Crippen molar-refractivity contribution < 1.29 is 51.0 Å². The molecule has 2 aromatic rings. The zero-order valence-corrected chi connectivity index (χ0v) is 27.3. The van der Waals surface area contributed by atoms with Crippen molar-refractivity contribution in [3.05, 3.63) is 64.7 Å². The van der Waals surface area contributed by atoms with Crippen molar-refractivity contribution >= 4 is 29.4 Å². The van der Waals surface area contributed by atoms with E-state index in [1.54, 1.807) is 32.9 Å². The van der Waals surface area contributed by atoms with Gasteiger partial charge in [0.2, 0.25) is 23.3 Å². The number of benzene rings is 2. The summed E-state index contributed by atoms with van der Waals surface area (Å²) in [4.78, 5) is 66.5. The number of ketones is 2. The maximum atomic E-state index is 14.1. The number of carbonyl (C=O) groups is 5. The van der Waals surface area contributed by atoms with E-state index in [1.807, 2.05) is 32.9 Å². The highest BCUT2D eigenvalue weighted by atomic mass is 19.2. The summed E-state index contributed by atoms with van der Waals surface area (Å²) in [6, 6.07) is 5.68. The molecule has 47 heavy (non-hydrogen) atoms. The Hall–Kier alpha value is -4.29. The minimum atomic E-state index is -1.87. The van der Waals surface area contributed by atoms with Gasteiger partial charge >= 0.3 is 5.97 Å². The summed E-state index contributed by atoms with van der Waals surface area (Å²) in [5, 5.41) is 2.42. The molecule has 0 aromatic heterocycles. The number of piperidine rings is 1. The summed E-state index contributed by atoms with van der Waals surface area (Å²) >= 11 is 0. The van der Waals surface area contributed by atoms with Crippen LogP contribution in [0.5, 0.6) is 5.75 Å². The molecule has 13 heteroatoms. The van der Waals surface area contributed by atoms with Crippen LogP contribution in [-0.4, -0.2) is 65.6 Å². The van der Waals surface area contributed by atoms with Gasteiger partial charge in [-0.2, -0.15) is 8.78 Å². The molecule has 1 aliphatic rings. The van der Waals surface area contributed by atoms with Gasteiger partial charge in [-0.1, -0.05) is 45.0 Å². The number of Topliss-reactive ketones (excluding diaryl/α,β-unsaturated/α-hetero) is 2. The number of nitrogens with zero attached hydrogens (tertiary/aromatic N) is 1. The summed E-state index contributed by atoms with van der Waals surface area (Å²) in [5.41, 5.74) is 0.425. The van der Waals surface area contributed by atoms with Crippen LogP contribution in [0, 0.1) is 29.2 Å². The average molecular weight is 665 g/mol. The number of amides is 2. The fourth-order valence-corrected chi connectivity index (χ4v) is 5.21. The third kappa shape index (κ3) is 10.1. The van der Waals surface area contributed by atoms with Gasteiger partial charge in [0.05, 0.1) is 12.3 Å². The molecule has 1 fully saturated rings. The van der Waals surface area contributed by atoms with Crippen molar-refractivity contribution in [1.29, 1.82) is 0 Å². The van der Waals surface area contributed by atoms with Crippen molar-refractivity contribution in [1.82, 2.24) is 10.2 Å². The molecule has 0 aliphatic carbocycles. The Labute approximate surface area is 271 Å². The first-order chi connectivity index (χ1) is 21.8. The zero-order chi connectivity index (χ0) is 35.3. The molecule has 2 atom stereocenters. The summed E-state index contributed by atoms with van der Waals surface area (Å²) < 4.78 is 65.4. The predicted molar refractivity (Wildman–Crippen MR) is 162 cm³/mol. The van der Waals surface area contributed by atoms with Gasteiger partial charge in [-0.05, 0) is 50.2 Å². The highest BCUT2D eigenvalue weighted by molar-refractivity contribution is 6.36. The maximum absolute atomic E-state index is 14.1. The van der Waals surface area contributed by atoms with Gasteiger partial charge in [0.15, 0.2) is 23.2 Å². The molecular weight excluding hydrogens is 624 g/mol. The van der Waals surface area contributed by atoms with Crippen LogP contribution >= 0.6 is 0 Å². The second-order valence-corrected chi connectivity index (χ2v) is 13.5. The van der Waals surface area contributed by atoms with Crippen LogP contribution in [0.3, 0.4) is 0 Å². The van der Waals surface area contributed by atoms with Gasteiger partial charge in [0.1, 0.15) is 18.2 Å². The average Bonchev–Trinajstić information content (AvgIpc) is 2.98. The lowest BCUT2D eigenvalue weighted by Gasteiger charge is -2.32. The molecule has 0 radical (unpaired) electrons. The van der Waals surface area contributed by atoms with Crippen molar-refractivity contribution in [2.75, 3.05) is 19.7 Å². The molecule has 3 rings (SSSR count). The molecule has 2 amide bonds. The molecule has 0 unspecified atom stereocenters. The van der Waals surface area contributed by atoms with E-state index in [0.717, 1.165) is 11.1 Å². The summed E-state index contributed by atoms with van der Waals surface area (Å²) in [6.07, 6.45) is -0.163. The van der Waals surface area contributed by atoms with Crippen LogP contribution in [0.4, 0.5) is 17.6 Å². The monoisotopic (exact) mass is 664 g/mol. The molecule has 0 bridgehead atoms. The third-order valence-corrected chi connectivity index (χ3v) is 7.42. The summed E-state index contributed by atoms with van der Waals surface area (Å²) in [5.74, 6) is -13.7. The van der Waals surface area contributed by atoms with Gasteiger partial charge in [-0.25, -0.2) is 8.78 Å². The second-order valence-electron chi connectivity index (χ2n) is 13.5. The maximum Gasteiger partial charge on any atom is 0.308 e. The van der Waals surface area contributed by atoms with Gasteiger partial charge < -0.3 is 19.7 Å². The van der Waals surface area contributed by atoms with Crippen LogP contribution in [0.1, 0.15) is 71.9 Å². The van der Waals surface area contributed by atoms with E-state index in [9.17, 15) is 41.5 Å². The number of hydrogen-bond acceptors (Lipinski definition) is 7. The van der Waals surface area contributed by atoms with Gasteiger partial charge in [-0.15, -0.1) is 0 Å². The molecule has 1 N–H and O–H groups in total. The minimum absolute atomic E-state index is 0.0263. The topological polar surface area (TPSA) is 119 Å². The van der Waals surface area contributed by atoms with Crippen LogP contribution in [0.25, 0.3) is 0 Å². The van der Waals surface area contributed by atoms with E-state index in [0.29, 0.717) is 12.8 Å². The van der Waals surface area contributed by atoms with E-state index in [-0.39, 0.29) is 31.0 Å². The lowest BCUT2D eigenvalue weighted by molar-refractivity contribution is -0.156. The summed E-state index contributed by atoms with van der Waals surface area (Å²) in [6.45, 7) is 9.64. The van der Waals surface area contributed by atoms with E-state index >= 15 is 0 Å². The molecular formula is C34H40F4N2O7. The van der Waals surface area contributed by atoms with Crippen LogP contribution in [0.2, 0.25) is 0 Å². The SMILES string of the molecule is CC(C)(C)OC(=O)C[C@H](NC(=O)[C@H]1CCCN(C(=O)C(=O)Cc2ccccc2C(C)(C)C)C1)C(=O)COc1c(F)c(F)cc(F)c1F.